The third kappa shape index (κ3) is 9.93. The van der Waals surface area contributed by atoms with Crippen molar-refractivity contribution in [2.45, 2.75) is 83.5 Å². The van der Waals surface area contributed by atoms with Gasteiger partial charge in [0.1, 0.15) is 0 Å². The molecule has 0 saturated carbocycles. The fraction of sp³-hybridized carbons (Fsp3) is 0.667. The van der Waals surface area contributed by atoms with Crippen molar-refractivity contribution in [3.05, 3.63) is 34.7 Å². The molecule has 0 saturated heterocycles. The zero-order chi connectivity index (χ0) is 20.6. The molecular formula is C24H37NO4. The minimum atomic E-state index is -0.392. The molecule has 0 amide bonds. The summed E-state index contributed by atoms with van der Waals surface area (Å²) in [4.78, 5) is 16.1. The van der Waals surface area contributed by atoms with Gasteiger partial charge in [-0.3, -0.25) is 0 Å². The molecule has 162 valence electrons. The van der Waals surface area contributed by atoms with Crippen molar-refractivity contribution < 1.29 is 13.9 Å². The second-order valence-electron chi connectivity index (χ2n) is 7.72. The Morgan fingerprint density at radius 2 is 1.28 bits per heavy atom. The Bertz CT molecular complexity index is 728. The molecule has 0 atom stereocenters. The van der Waals surface area contributed by atoms with E-state index in [4.69, 9.17) is 13.9 Å². The number of rotatable bonds is 17. The standard InChI is InChI=1S/C24H37NO4/c1-27-19-15-11-9-7-5-3-2-4-6-8-10-12-16-20-28-24-25-22-18-14-13-17-21(22)23(26)29-24/h13-14,17-18H,2-12,15-16,19-20H2,1H3. The number of unbranched alkanes of at least 4 members (excludes halogenated alkanes) is 12. The summed E-state index contributed by atoms with van der Waals surface area (Å²) >= 11 is 0. The van der Waals surface area contributed by atoms with E-state index in [-0.39, 0.29) is 6.08 Å². The third-order valence-electron chi connectivity index (χ3n) is 5.23. The van der Waals surface area contributed by atoms with Gasteiger partial charge in [0.25, 0.3) is 0 Å². The first-order valence-corrected chi connectivity index (χ1v) is 11.3. The number of ether oxygens (including phenoxy) is 2. The molecule has 5 nitrogen and oxygen atoms in total. The normalized spacial score (nSPS) is 11.2. The monoisotopic (exact) mass is 403 g/mol. The van der Waals surface area contributed by atoms with Gasteiger partial charge in [0.15, 0.2) is 0 Å². The van der Waals surface area contributed by atoms with Gasteiger partial charge in [-0.2, -0.15) is 4.98 Å². The van der Waals surface area contributed by atoms with Crippen LogP contribution in [-0.2, 0) is 4.74 Å². The zero-order valence-electron chi connectivity index (χ0n) is 18.0. The smallest absolute Gasteiger partial charge is 0.397 e. The highest BCUT2D eigenvalue weighted by Crippen LogP contribution is 2.14. The molecule has 1 heterocycles. The van der Waals surface area contributed by atoms with Crippen LogP contribution in [0.4, 0.5) is 0 Å². The molecule has 0 radical (unpaired) electrons. The number of methoxy groups -OCH3 is 1. The number of para-hydroxylation sites is 1. The Labute approximate surface area is 174 Å². The van der Waals surface area contributed by atoms with Crippen LogP contribution >= 0.6 is 0 Å². The van der Waals surface area contributed by atoms with Crippen LogP contribution in [0.5, 0.6) is 6.08 Å². The Kier molecular flexibility index (Phi) is 12.1. The van der Waals surface area contributed by atoms with E-state index in [0.29, 0.717) is 17.5 Å². The maximum Gasteiger partial charge on any atom is 0.397 e. The topological polar surface area (TPSA) is 61.6 Å². The lowest BCUT2D eigenvalue weighted by atomic mass is 10.0. The molecule has 1 aromatic carbocycles. The Balaban J connectivity index is 1.40. The molecule has 0 aliphatic heterocycles. The van der Waals surface area contributed by atoms with Crippen molar-refractivity contribution in [2.75, 3.05) is 20.3 Å². The van der Waals surface area contributed by atoms with Crippen LogP contribution in [0.1, 0.15) is 83.5 Å². The van der Waals surface area contributed by atoms with E-state index in [9.17, 15) is 4.79 Å². The van der Waals surface area contributed by atoms with Crippen LogP contribution in [0.25, 0.3) is 10.9 Å². The van der Waals surface area contributed by atoms with Gasteiger partial charge in [0.05, 0.1) is 17.5 Å². The quantitative estimate of drug-likeness (QED) is 0.291. The minimum absolute atomic E-state index is 0.0763. The van der Waals surface area contributed by atoms with Crippen LogP contribution in [-0.4, -0.2) is 25.3 Å². The summed E-state index contributed by atoms with van der Waals surface area (Å²) in [5.41, 5.74) is 0.224. The van der Waals surface area contributed by atoms with Crippen LogP contribution < -0.4 is 10.4 Å². The molecule has 2 rings (SSSR count). The Morgan fingerprint density at radius 3 is 1.86 bits per heavy atom. The van der Waals surface area contributed by atoms with Crippen LogP contribution in [0.2, 0.25) is 0 Å². The predicted molar refractivity (Wildman–Crippen MR) is 118 cm³/mol. The Morgan fingerprint density at radius 1 is 0.759 bits per heavy atom. The van der Waals surface area contributed by atoms with E-state index in [1.807, 2.05) is 6.07 Å². The molecule has 0 fully saturated rings. The molecule has 2 aromatic rings. The number of hydrogen-bond donors (Lipinski definition) is 0. The SMILES string of the molecule is COCCCCCCCCCCCCCCCOc1nc2ccccc2c(=O)o1. The van der Waals surface area contributed by atoms with Crippen molar-refractivity contribution in [3.63, 3.8) is 0 Å². The molecule has 5 heteroatoms. The number of fused-ring (bicyclic) bond motifs is 1. The van der Waals surface area contributed by atoms with Gasteiger partial charge in [-0.15, -0.1) is 0 Å². The first-order valence-electron chi connectivity index (χ1n) is 11.3. The fourth-order valence-corrected chi connectivity index (χ4v) is 3.51. The van der Waals surface area contributed by atoms with Crippen LogP contribution in [0.3, 0.4) is 0 Å². The molecular weight excluding hydrogens is 366 g/mol. The van der Waals surface area contributed by atoms with Crippen molar-refractivity contribution in [3.8, 4) is 6.08 Å². The number of hydrogen-bond acceptors (Lipinski definition) is 5. The van der Waals surface area contributed by atoms with E-state index < -0.39 is 5.63 Å². The summed E-state index contributed by atoms with van der Waals surface area (Å²) in [6.07, 6.45) is 16.7. The number of benzene rings is 1. The van der Waals surface area contributed by atoms with E-state index in [0.717, 1.165) is 19.4 Å². The lowest BCUT2D eigenvalue weighted by Crippen LogP contribution is -2.06. The second-order valence-corrected chi connectivity index (χ2v) is 7.72. The molecule has 0 unspecified atom stereocenters. The zero-order valence-corrected chi connectivity index (χ0v) is 18.0. The number of aromatic nitrogens is 1. The Hall–Kier alpha value is -1.88. The highest BCUT2D eigenvalue weighted by Gasteiger charge is 2.06. The molecule has 0 aliphatic rings. The van der Waals surface area contributed by atoms with Gasteiger partial charge in [0.2, 0.25) is 0 Å². The van der Waals surface area contributed by atoms with E-state index >= 15 is 0 Å². The maximum atomic E-state index is 11.9. The maximum absolute atomic E-state index is 11.9. The van der Waals surface area contributed by atoms with Gasteiger partial charge < -0.3 is 13.9 Å². The first-order chi connectivity index (χ1) is 14.3. The first kappa shape index (κ1) is 23.4. The van der Waals surface area contributed by atoms with Gasteiger partial charge >= 0.3 is 11.7 Å². The average molecular weight is 404 g/mol. The summed E-state index contributed by atoms with van der Waals surface area (Å²) in [5, 5.41) is 0.488. The molecule has 29 heavy (non-hydrogen) atoms. The van der Waals surface area contributed by atoms with Gasteiger partial charge in [0, 0.05) is 13.7 Å². The van der Waals surface area contributed by atoms with Gasteiger partial charge in [-0.1, -0.05) is 82.8 Å². The molecule has 0 aliphatic carbocycles. The van der Waals surface area contributed by atoms with Gasteiger partial charge in [-0.05, 0) is 25.0 Å². The molecule has 1 aromatic heterocycles. The van der Waals surface area contributed by atoms with Crippen LogP contribution in [0.15, 0.2) is 33.5 Å². The lowest BCUT2D eigenvalue weighted by Gasteiger charge is -2.05. The van der Waals surface area contributed by atoms with E-state index in [1.54, 1.807) is 25.3 Å². The molecule has 0 spiro atoms. The second kappa shape index (κ2) is 15.0. The fourth-order valence-electron chi connectivity index (χ4n) is 3.51. The molecule has 0 N–H and O–H groups in total. The summed E-state index contributed by atoms with van der Waals surface area (Å²) in [6, 6.07) is 7.15. The lowest BCUT2D eigenvalue weighted by molar-refractivity contribution is 0.192. The van der Waals surface area contributed by atoms with Crippen molar-refractivity contribution >= 4 is 10.9 Å². The summed E-state index contributed by atoms with van der Waals surface area (Å²) in [7, 11) is 1.78. The predicted octanol–water partition coefficient (Wildman–Crippen LogP) is 6.28. The highest BCUT2D eigenvalue weighted by molar-refractivity contribution is 5.76. The van der Waals surface area contributed by atoms with Crippen molar-refractivity contribution in [2.24, 2.45) is 0 Å². The third-order valence-corrected chi connectivity index (χ3v) is 5.23. The summed E-state index contributed by atoms with van der Waals surface area (Å²) in [6.45, 7) is 1.45. The average Bonchev–Trinajstić information content (AvgIpc) is 2.73. The summed E-state index contributed by atoms with van der Waals surface area (Å²) < 4.78 is 15.7. The van der Waals surface area contributed by atoms with E-state index in [2.05, 4.69) is 4.98 Å². The van der Waals surface area contributed by atoms with Crippen LogP contribution in [0, 0.1) is 0 Å². The summed E-state index contributed by atoms with van der Waals surface area (Å²) in [5.74, 6) is 0. The van der Waals surface area contributed by atoms with Crippen molar-refractivity contribution in [1.82, 2.24) is 4.98 Å². The molecule has 0 bridgehead atoms. The highest BCUT2D eigenvalue weighted by atomic mass is 16.6. The van der Waals surface area contributed by atoms with E-state index in [1.165, 1.54) is 70.6 Å². The van der Waals surface area contributed by atoms with Crippen molar-refractivity contribution in [1.29, 1.82) is 0 Å². The van der Waals surface area contributed by atoms with Gasteiger partial charge in [-0.25, -0.2) is 4.79 Å². The minimum Gasteiger partial charge on any atom is -0.450 e. The number of nitrogens with zero attached hydrogens (tertiary/aromatic N) is 1. The largest absolute Gasteiger partial charge is 0.450 e.